The van der Waals surface area contributed by atoms with Crippen LogP contribution < -0.4 is 20.3 Å². The van der Waals surface area contributed by atoms with Gasteiger partial charge in [-0.2, -0.15) is 0 Å². The smallest absolute Gasteiger partial charge is 0.255 e. The first-order valence-corrected chi connectivity index (χ1v) is 8.92. The number of amides is 2. The van der Waals surface area contributed by atoms with Crippen LogP contribution in [0.3, 0.4) is 0 Å². The molecule has 4 rings (SSSR count). The number of hydrogen-bond acceptors (Lipinski definition) is 4. The van der Waals surface area contributed by atoms with Crippen LogP contribution >= 0.6 is 0 Å². The molecule has 0 unspecified atom stereocenters. The Bertz CT molecular complexity index is 865. The van der Waals surface area contributed by atoms with E-state index >= 15 is 0 Å². The first-order chi connectivity index (χ1) is 12.7. The Morgan fingerprint density at radius 3 is 3.00 bits per heavy atom. The molecule has 134 valence electrons. The minimum Gasteiger partial charge on any atom is -0.492 e. The number of carbonyl (C=O) groups is 2. The summed E-state index contributed by atoms with van der Waals surface area (Å²) in [6, 6.07) is 12.7. The zero-order chi connectivity index (χ0) is 18.1. The predicted octanol–water partition coefficient (Wildman–Crippen LogP) is 3.26. The highest BCUT2D eigenvalue weighted by Crippen LogP contribution is 2.37. The zero-order valence-corrected chi connectivity index (χ0v) is 14.6. The molecule has 2 aliphatic heterocycles. The van der Waals surface area contributed by atoms with E-state index in [4.69, 9.17) is 4.74 Å². The summed E-state index contributed by atoms with van der Waals surface area (Å²) in [5.74, 6) is 0.404. The van der Waals surface area contributed by atoms with Gasteiger partial charge in [-0.1, -0.05) is 12.1 Å². The third-order valence-corrected chi connectivity index (χ3v) is 4.82. The predicted molar refractivity (Wildman–Crippen MR) is 101 cm³/mol. The fourth-order valence-electron chi connectivity index (χ4n) is 3.62. The highest BCUT2D eigenvalue weighted by Gasteiger charge is 2.36. The van der Waals surface area contributed by atoms with E-state index in [2.05, 4.69) is 15.5 Å². The molecular weight excluding hydrogens is 330 g/mol. The summed E-state index contributed by atoms with van der Waals surface area (Å²) in [5.41, 5.74) is 2.80. The fraction of sp³-hybridized carbons (Fsp3) is 0.300. The van der Waals surface area contributed by atoms with Crippen molar-refractivity contribution in [1.82, 2.24) is 0 Å². The Morgan fingerprint density at radius 2 is 2.15 bits per heavy atom. The lowest BCUT2D eigenvalue weighted by Gasteiger charge is -2.33. The van der Waals surface area contributed by atoms with Crippen molar-refractivity contribution in [3.63, 3.8) is 0 Å². The van der Waals surface area contributed by atoms with Gasteiger partial charge in [0.1, 0.15) is 11.8 Å². The molecule has 0 radical (unpaired) electrons. The molecule has 1 fully saturated rings. The number of fused-ring (bicyclic) bond motifs is 3. The number of nitrogens with one attached hydrogen (secondary N) is 2. The number of rotatable bonds is 4. The van der Waals surface area contributed by atoms with E-state index in [1.165, 1.54) is 0 Å². The Kier molecular flexibility index (Phi) is 4.24. The van der Waals surface area contributed by atoms with Gasteiger partial charge in [-0.05, 0) is 50.1 Å². The van der Waals surface area contributed by atoms with Crippen molar-refractivity contribution in [2.24, 2.45) is 0 Å². The maximum atomic E-state index is 12.7. The van der Waals surface area contributed by atoms with E-state index < -0.39 is 0 Å². The molecule has 6 nitrogen and oxygen atoms in total. The van der Waals surface area contributed by atoms with Crippen molar-refractivity contribution in [3.8, 4) is 5.75 Å². The number of benzene rings is 2. The van der Waals surface area contributed by atoms with Gasteiger partial charge in [0.25, 0.3) is 5.91 Å². The van der Waals surface area contributed by atoms with Crippen LogP contribution in [0.15, 0.2) is 42.5 Å². The second-order valence-corrected chi connectivity index (χ2v) is 6.46. The van der Waals surface area contributed by atoms with Crippen molar-refractivity contribution < 1.29 is 14.3 Å². The van der Waals surface area contributed by atoms with E-state index in [1.54, 1.807) is 18.2 Å². The summed E-state index contributed by atoms with van der Waals surface area (Å²) in [7, 11) is 0. The summed E-state index contributed by atoms with van der Waals surface area (Å²) in [5, 5.41) is 5.82. The number of ether oxygens (including phenoxy) is 1. The number of nitrogens with zero attached hydrogens (tertiary/aromatic N) is 1. The standard InChI is InChI=1S/C20H21N3O3/c1-2-26-18-8-4-3-6-14(18)21-19(24)13-9-10-16-15(12-13)22-20(25)17-7-5-11-23(16)17/h3-4,6,8-10,12,17H,2,5,7,11H2,1H3,(H,21,24)(H,22,25)/t17-/m1/s1. The Morgan fingerprint density at radius 1 is 1.31 bits per heavy atom. The van der Waals surface area contributed by atoms with Crippen molar-refractivity contribution in [3.05, 3.63) is 48.0 Å². The van der Waals surface area contributed by atoms with Gasteiger partial charge < -0.3 is 20.3 Å². The van der Waals surface area contributed by atoms with Crippen LogP contribution in [0.2, 0.25) is 0 Å². The summed E-state index contributed by atoms with van der Waals surface area (Å²) >= 11 is 0. The van der Waals surface area contributed by atoms with Crippen molar-refractivity contribution in [2.75, 3.05) is 28.7 Å². The van der Waals surface area contributed by atoms with Crippen LogP contribution in [0, 0.1) is 0 Å². The van der Waals surface area contributed by atoms with E-state index in [9.17, 15) is 9.59 Å². The molecule has 26 heavy (non-hydrogen) atoms. The molecule has 0 aromatic heterocycles. The summed E-state index contributed by atoms with van der Waals surface area (Å²) in [6.45, 7) is 3.30. The van der Waals surface area contributed by atoms with Crippen LogP contribution in [0.25, 0.3) is 0 Å². The van der Waals surface area contributed by atoms with Crippen LogP contribution in [0.5, 0.6) is 5.75 Å². The van der Waals surface area contributed by atoms with Crippen LogP contribution in [0.1, 0.15) is 30.1 Å². The van der Waals surface area contributed by atoms with Gasteiger partial charge in [0.15, 0.2) is 0 Å². The highest BCUT2D eigenvalue weighted by molar-refractivity contribution is 6.09. The monoisotopic (exact) mass is 351 g/mol. The molecule has 1 atom stereocenters. The molecule has 0 saturated carbocycles. The van der Waals surface area contributed by atoms with Crippen LogP contribution in [-0.2, 0) is 4.79 Å². The van der Waals surface area contributed by atoms with Gasteiger partial charge >= 0.3 is 0 Å². The molecule has 2 aliphatic rings. The second-order valence-electron chi connectivity index (χ2n) is 6.46. The lowest BCUT2D eigenvalue weighted by molar-refractivity contribution is -0.117. The summed E-state index contributed by atoms with van der Waals surface area (Å²) in [6.07, 6.45) is 1.88. The number of anilines is 3. The largest absolute Gasteiger partial charge is 0.492 e. The van der Waals surface area contributed by atoms with E-state index in [1.807, 2.05) is 31.2 Å². The number of carbonyl (C=O) groups excluding carboxylic acids is 2. The maximum Gasteiger partial charge on any atom is 0.255 e. The Balaban J connectivity index is 1.58. The highest BCUT2D eigenvalue weighted by atomic mass is 16.5. The first kappa shape index (κ1) is 16.4. The van der Waals surface area contributed by atoms with Gasteiger partial charge in [-0.3, -0.25) is 9.59 Å². The molecule has 2 aromatic carbocycles. The molecule has 2 amide bonds. The van der Waals surface area contributed by atoms with Crippen molar-refractivity contribution >= 4 is 28.9 Å². The Hall–Kier alpha value is -3.02. The average Bonchev–Trinajstić information content (AvgIpc) is 3.14. The zero-order valence-electron chi connectivity index (χ0n) is 14.6. The van der Waals surface area contributed by atoms with Gasteiger partial charge in [-0.15, -0.1) is 0 Å². The lowest BCUT2D eigenvalue weighted by atomic mass is 10.1. The molecule has 1 saturated heterocycles. The Labute approximate surface area is 152 Å². The fourth-order valence-corrected chi connectivity index (χ4v) is 3.62. The molecule has 0 aliphatic carbocycles. The maximum absolute atomic E-state index is 12.7. The first-order valence-electron chi connectivity index (χ1n) is 8.92. The number of hydrogen-bond donors (Lipinski definition) is 2. The third kappa shape index (κ3) is 2.87. The molecule has 6 heteroatoms. The lowest BCUT2D eigenvalue weighted by Crippen LogP contribution is -2.43. The second kappa shape index (κ2) is 6.71. The minimum atomic E-state index is -0.238. The number of para-hydroxylation sites is 2. The minimum absolute atomic E-state index is 0.00856. The third-order valence-electron chi connectivity index (χ3n) is 4.82. The molecule has 0 spiro atoms. The molecular formula is C20H21N3O3. The van der Waals surface area contributed by atoms with Crippen molar-refractivity contribution in [2.45, 2.75) is 25.8 Å². The van der Waals surface area contributed by atoms with Crippen molar-refractivity contribution in [1.29, 1.82) is 0 Å². The van der Waals surface area contributed by atoms with Gasteiger partial charge in [-0.25, -0.2) is 0 Å². The topological polar surface area (TPSA) is 70.7 Å². The van der Waals surface area contributed by atoms with Gasteiger partial charge in [0.2, 0.25) is 5.91 Å². The molecule has 0 bridgehead atoms. The SMILES string of the molecule is CCOc1ccccc1NC(=O)c1ccc2c(c1)NC(=O)[C@H]1CCCN21. The van der Waals surface area contributed by atoms with E-state index in [0.717, 1.165) is 25.1 Å². The van der Waals surface area contributed by atoms with E-state index in [-0.39, 0.29) is 17.9 Å². The van der Waals surface area contributed by atoms with Gasteiger partial charge in [0.05, 0.1) is 23.7 Å². The molecule has 2 N–H and O–H groups in total. The average molecular weight is 351 g/mol. The molecule has 2 heterocycles. The molecule has 2 aromatic rings. The van der Waals surface area contributed by atoms with Crippen LogP contribution in [-0.4, -0.2) is 31.0 Å². The summed E-state index contributed by atoms with van der Waals surface area (Å²) in [4.78, 5) is 27.1. The van der Waals surface area contributed by atoms with Crippen LogP contribution in [0.4, 0.5) is 17.1 Å². The quantitative estimate of drug-likeness (QED) is 0.887. The van der Waals surface area contributed by atoms with E-state index in [0.29, 0.717) is 29.3 Å². The summed E-state index contributed by atoms with van der Waals surface area (Å²) < 4.78 is 5.55. The van der Waals surface area contributed by atoms with Gasteiger partial charge in [0, 0.05) is 12.1 Å². The normalized spacial score (nSPS) is 18.0.